The minimum absolute atomic E-state index is 0.0129. The number of piperazine rings is 1. The molecule has 2 saturated heterocycles. The molecule has 0 unspecified atom stereocenters. The summed E-state index contributed by atoms with van der Waals surface area (Å²) in [5.41, 5.74) is 0.982. The first kappa shape index (κ1) is 18.8. The minimum atomic E-state index is -3.04. The molecule has 150 valence electrons. The van der Waals surface area contributed by atoms with Gasteiger partial charge in [-0.1, -0.05) is 0 Å². The molecule has 9 heteroatoms. The van der Waals surface area contributed by atoms with Crippen molar-refractivity contribution in [1.82, 2.24) is 9.80 Å². The lowest BCUT2D eigenvalue weighted by atomic mass is 10.0. The van der Waals surface area contributed by atoms with E-state index in [0.717, 1.165) is 30.9 Å². The second-order valence-electron chi connectivity index (χ2n) is 7.23. The normalized spacial score (nSPS) is 26.9. The summed E-state index contributed by atoms with van der Waals surface area (Å²) < 4.78 is 46.3. The monoisotopic (exact) mass is 398 g/mol. The van der Waals surface area contributed by atoms with E-state index in [9.17, 15) is 8.42 Å². The summed E-state index contributed by atoms with van der Waals surface area (Å²) in [5.74, 6) is 2.55. The van der Waals surface area contributed by atoms with Gasteiger partial charge in [0.2, 0.25) is 6.79 Å². The molecule has 1 aromatic rings. The number of sulfone groups is 1. The molecule has 0 N–H and O–H groups in total. The van der Waals surface area contributed by atoms with Gasteiger partial charge in [0.15, 0.2) is 21.3 Å². The predicted octanol–water partition coefficient (Wildman–Crippen LogP) is 0.354. The summed E-state index contributed by atoms with van der Waals surface area (Å²) in [4.78, 5) is 4.52. The van der Waals surface area contributed by atoms with Crippen LogP contribution in [0.1, 0.15) is 5.56 Å². The maximum Gasteiger partial charge on any atom is 0.231 e. The average Bonchev–Trinajstić information content (AvgIpc) is 3.22. The lowest BCUT2D eigenvalue weighted by Gasteiger charge is -2.44. The van der Waals surface area contributed by atoms with Gasteiger partial charge in [-0.2, -0.15) is 0 Å². The van der Waals surface area contributed by atoms with Gasteiger partial charge >= 0.3 is 0 Å². The van der Waals surface area contributed by atoms with Crippen molar-refractivity contribution in [1.29, 1.82) is 0 Å². The van der Waals surface area contributed by atoms with Crippen LogP contribution in [0.4, 0.5) is 0 Å². The van der Waals surface area contributed by atoms with Crippen LogP contribution in [-0.4, -0.2) is 89.1 Å². The highest BCUT2D eigenvalue weighted by atomic mass is 32.2. The highest BCUT2D eigenvalue weighted by Crippen LogP contribution is 2.39. The second-order valence-corrected chi connectivity index (χ2v) is 9.38. The van der Waals surface area contributed by atoms with E-state index < -0.39 is 9.84 Å². The van der Waals surface area contributed by atoms with Gasteiger partial charge in [-0.25, -0.2) is 8.42 Å². The Morgan fingerprint density at radius 1 is 1.07 bits per heavy atom. The topological polar surface area (TPSA) is 77.5 Å². The average molecular weight is 398 g/mol. The predicted molar refractivity (Wildman–Crippen MR) is 99.2 cm³/mol. The van der Waals surface area contributed by atoms with Crippen LogP contribution in [0.15, 0.2) is 12.1 Å². The highest BCUT2D eigenvalue weighted by molar-refractivity contribution is 7.91. The molecule has 2 atom stereocenters. The summed E-state index contributed by atoms with van der Waals surface area (Å²) in [5, 5.41) is 0. The van der Waals surface area contributed by atoms with Crippen molar-refractivity contribution < 1.29 is 27.4 Å². The van der Waals surface area contributed by atoms with Crippen molar-refractivity contribution >= 4 is 9.84 Å². The molecule has 0 bridgehead atoms. The van der Waals surface area contributed by atoms with E-state index in [1.807, 2.05) is 12.1 Å². The van der Waals surface area contributed by atoms with Gasteiger partial charge in [0.25, 0.3) is 0 Å². The SMILES string of the molecule is COCCN1CCN(Cc2cc3c(cc2OC)OCO3)[C@H]2CS(=O)(=O)C[C@H]21. The van der Waals surface area contributed by atoms with Crippen molar-refractivity contribution in [2.45, 2.75) is 18.6 Å². The molecule has 2 fully saturated rings. The Hall–Kier alpha value is -1.55. The zero-order valence-corrected chi connectivity index (χ0v) is 16.5. The van der Waals surface area contributed by atoms with E-state index in [-0.39, 0.29) is 30.4 Å². The molecule has 1 aromatic carbocycles. The van der Waals surface area contributed by atoms with Gasteiger partial charge < -0.3 is 18.9 Å². The summed E-state index contributed by atoms with van der Waals surface area (Å²) >= 11 is 0. The standard InChI is InChI=1S/C18H26N2O6S/c1-23-6-5-19-3-4-20(15-11-27(21,22)10-14(15)19)9-13-7-17-18(26-12-25-17)8-16(13)24-2/h7-8,14-15H,3-6,9-12H2,1-2H3/t14-,15+/m1/s1. The van der Waals surface area contributed by atoms with Crippen LogP contribution in [0, 0.1) is 0 Å². The van der Waals surface area contributed by atoms with Gasteiger partial charge in [0.05, 0.1) is 25.2 Å². The number of nitrogens with zero attached hydrogens (tertiary/aromatic N) is 2. The van der Waals surface area contributed by atoms with Gasteiger partial charge in [-0.05, 0) is 6.07 Å². The fraction of sp³-hybridized carbons (Fsp3) is 0.667. The Morgan fingerprint density at radius 3 is 2.44 bits per heavy atom. The molecule has 0 amide bonds. The summed E-state index contributed by atoms with van der Waals surface area (Å²) in [7, 11) is 0.266. The van der Waals surface area contributed by atoms with Crippen LogP contribution in [0.2, 0.25) is 0 Å². The quantitative estimate of drug-likeness (QED) is 0.680. The van der Waals surface area contributed by atoms with Crippen molar-refractivity contribution in [2.75, 3.05) is 58.8 Å². The van der Waals surface area contributed by atoms with Crippen LogP contribution >= 0.6 is 0 Å². The van der Waals surface area contributed by atoms with E-state index in [1.165, 1.54) is 0 Å². The van der Waals surface area contributed by atoms with E-state index in [2.05, 4.69) is 9.80 Å². The molecule has 8 nitrogen and oxygen atoms in total. The number of benzene rings is 1. The van der Waals surface area contributed by atoms with Crippen molar-refractivity contribution in [2.24, 2.45) is 0 Å². The third kappa shape index (κ3) is 3.73. The maximum absolute atomic E-state index is 12.3. The zero-order chi connectivity index (χ0) is 19.0. The summed E-state index contributed by atoms with van der Waals surface area (Å²) in [6.45, 7) is 3.83. The molecule has 0 spiro atoms. The first-order valence-electron chi connectivity index (χ1n) is 9.14. The lowest BCUT2D eigenvalue weighted by Crippen LogP contribution is -2.59. The third-order valence-electron chi connectivity index (χ3n) is 5.64. The fourth-order valence-corrected chi connectivity index (χ4v) is 6.32. The van der Waals surface area contributed by atoms with Crippen molar-refractivity contribution in [3.05, 3.63) is 17.7 Å². The molecule has 3 heterocycles. The lowest BCUT2D eigenvalue weighted by molar-refractivity contribution is 0.0249. The molecule has 27 heavy (non-hydrogen) atoms. The first-order chi connectivity index (χ1) is 13.0. The minimum Gasteiger partial charge on any atom is -0.496 e. The molecule has 3 aliphatic heterocycles. The Morgan fingerprint density at radius 2 is 1.74 bits per heavy atom. The third-order valence-corrected chi connectivity index (χ3v) is 7.34. The van der Waals surface area contributed by atoms with Crippen molar-refractivity contribution in [3.8, 4) is 17.2 Å². The smallest absolute Gasteiger partial charge is 0.231 e. The molecule has 3 aliphatic rings. The van der Waals surface area contributed by atoms with Crippen LogP contribution < -0.4 is 14.2 Å². The van der Waals surface area contributed by atoms with Gasteiger partial charge in [-0.15, -0.1) is 0 Å². The Labute approximate surface area is 159 Å². The molecular weight excluding hydrogens is 372 g/mol. The Kier molecular flexibility index (Phi) is 5.19. The Balaban J connectivity index is 1.56. The molecule has 0 radical (unpaired) electrons. The number of methoxy groups -OCH3 is 2. The highest BCUT2D eigenvalue weighted by Gasteiger charge is 2.46. The van der Waals surface area contributed by atoms with Crippen LogP contribution in [-0.2, 0) is 21.1 Å². The van der Waals surface area contributed by atoms with E-state index in [0.29, 0.717) is 24.7 Å². The zero-order valence-electron chi connectivity index (χ0n) is 15.7. The van der Waals surface area contributed by atoms with Crippen molar-refractivity contribution in [3.63, 3.8) is 0 Å². The summed E-state index contributed by atoms with van der Waals surface area (Å²) in [6.07, 6.45) is 0. The largest absolute Gasteiger partial charge is 0.496 e. The van der Waals surface area contributed by atoms with E-state index in [1.54, 1.807) is 14.2 Å². The van der Waals surface area contributed by atoms with Gasteiger partial charge in [-0.3, -0.25) is 9.80 Å². The van der Waals surface area contributed by atoms with E-state index >= 15 is 0 Å². The molecule has 0 aliphatic carbocycles. The molecule has 0 saturated carbocycles. The van der Waals surface area contributed by atoms with Gasteiger partial charge in [0, 0.05) is 57.0 Å². The molecular formula is C18H26N2O6S. The number of hydrogen-bond donors (Lipinski definition) is 0. The number of fused-ring (bicyclic) bond motifs is 2. The Bertz CT molecular complexity index is 799. The second kappa shape index (κ2) is 7.46. The fourth-order valence-electron chi connectivity index (χ4n) is 4.28. The summed E-state index contributed by atoms with van der Waals surface area (Å²) in [6, 6.07) is 3.78. The van der Waals surface area contributed by atoms with Crippen LogP contribution in [0.25, 0.3) is 0 Å². The number of hydrogen-bond acceptors (Lipinski definition) is 8. The van der Waals surface area contributed by atoms with E-state index in [4.69, 9.17) is 18.9 Å². The maximum atomic E-state index is 12.3. The van der Waals surface area contributed by atoms with Crippen LogP contribution in [0.3, 0.4) is 0 Å². The van der Waals surface area contributed by atoms with Crippen LogP contribution in [0.5, 0.6) is 17.2 Å². The first-order valence-corrected chi connectivity index (χ1v) is 11.0. The number of rotatable bonds is 6. The number of ether oxygens (including phenoxy) is 4. The molecule has 0 aromatic heterocycles. The van der Waals surface area contributed by atoms with Gasteiger partial charge in [0.1, 0.15) is 5.75 Å². The molecule has 4 rings (SSSR count).